The summed E-state index contributed by atoms with van der Waals surface area (Å²) in [6, 6.07) is 0. The van der Waals surface area contributed by atoms with Gasteiger partial charge in [-0.2, -0.15) is 0 Å². The standard InChI is InChI=1S/C14H31N/c1-5-6-7-8-9-12-15(4)13-10-11-14(2)3/h14H,5-13H2,1-4H3. The molecule has 0 aromatic heterocycles. The molecule has 0 atom stereocenters. The molecule has 1 heteroatoms. The van der Waals surface area contributed by atoms with E-state index in [9.17, 15) is 0 Å². The van der Waals surface area contributed by atoms with Gasteiger partial charge in [-0.1, -0.05) is 46.5 Å². The Bertz CT molecular complexity index is 121. The zero-order chi connectivity index (χ0) is 11.5. The zero-order valence-corrected chi connectivity index (χ0v) is 11.4. The summed E-state index contributed by atoms with van der Waals surface area (Å²) in [5, 5.41) is 0. The predicted octanol–water partition coefficient (Wildman–Crippen LogP) is 4.32. The van der Waals surface area contributed by atoms with Crippen LogP contribution < -0.4 is 0 Å². The molecule has 0 saturated carbocycles. The highest BCUT2D eigenvalue weighted by atomic mass is 15.1. The Morgan fingerprint density at radius 2 is 1.47 bits per heavy atom. The summed E-state index contributed by atoms with van der Waals surface area (Å²) in [5.74, 6) is 0.864. The molecular weight excluding hydrogens is 182 g/mol. The van der Waals surface area contributed by atoms with E-state index in [1.165, 1.54) is 58.0 Å². The van der Waals surface area contributed by atoms with Crippen LogP contribution in [0.25, 0.3) is 0 Å². The van der Waals surface area contributed by atoms with E-state index in [1.807, 2.05) is 0 Å². The lowest BCUT2D eigenvalue weighted by molar-refractivity contribution is 0.309. The Balaban J connectivity index is 3.15. The summed E-state index contributed by atoms with van der Waals surface area (Å²) >= 11 is 0. The van der Waals surface area contributed by atoms with Crippen LogP contribution in [0.1, 0.15) is 65.7 Å². The molecule has 0 heterocycles. The molecule has 0 aliphatic carbocycles. The van der Waals surface area contributed by atoms with Crippen molar-refractivity contribution in [3.63, 3.8) is 0 Å². The van der Waals surface area contributed by atoms with Crippen LogP contribution in [0.3, 0.4) is 0 Å². The van der Waals surface area contributed by atoms with Gasteiger partial charge >= 0.3 is 0 Å². The summed E-state index contributed by atoms with van der Waals surface area (Å²) in [7, 11) is 2.26. The molecule has 0 bridgehead atoms. The van der Waals surface area contributed by atoms with Crippen LogP contribution in [0.5, 0.6) is 0 Å². The third-order valence-corrected chi connectivity index (χ3v) is 2.96. The maximum absolute atomic E-state index is 2.49. The largest absolute Gasteiger partial charge is 0.306 e. The lowest BCUT2D eigenvalue weighted by Crippen LogP contribution is -2.21. The van der Waals surface area contributed by atoms with E-state index in [4.69, 9.17) is 0 Å². The first-order valence-electron chi connectivity index (χ1n) is 6.85. The van der Waals surface area contributed by atoms with Gasteiger partial charge in [-0.3, -0.25) is 0 Å². The molecule has 0 aliphatic heterocycles. The SMILES string of the molecule is CCCCCCCN(C)CCCC(C)C. The van der Waals surface area contributed by atoms with E-state index in [1.54, 1.807) is 0 Å². The minimum Gasteiger partial charge on any atom is -0.306 e. The van der Waals surface area contributed by atoms with E-state index in [2.05, 4.69) is 32.7 Å². The Hall–Kier alpha value is -0.0400. The molecule has 15 heavy (non-hydrogen) atoms. The van der Waals surface area contributed by atoms with Gasteiger partial charge in [0.15, 0.2) is 0 Å². The number of hydrogen-bond donors (Lipinski definition) is 0. The average molecular weight is 213 g/mol. The number of rotatable bonds is 10. The molecule has 0 rings (SSSR count). The van der Waals surface area contributed by atoms with Crippen molar-refractivity contribution in [1.82, 2.24) is 4.90 Å². The number of hydrogen-bond acceptors (Lipinski definition) is 1. The molecule has 0 aliphatic rings. The van der Waals surface area contributed by atoms with Crippen LogP contribution in [0.4, 0.5) is 0 Å². The van der Waals surface area contributed by atoms with Gasteiger partial charge in [-0.25, -0.2) is 0 Å². The minimum atomic E-state index is 0.864. The molecule has 0 spiro atoms. The Labute approximate surface area is 97.2 Å². The van der Waals surface area contributed by atoms with E-state index in [0.717, 1.165) is 5.92 Å². The van der Waals surface area contributed by atoms with Gasteiger partial charge < -0.3 is 4.90 Å². The van der Waals surface area contributed by atoms with Crippen LogP contribution in [-0.2, 0) is 0 Å². The maximum Gasteiger partial charge on any atom is -0.00217 e. The Morgan fingerprint density at radius 3 is 2.07 bits per heavy atom. The predicted molar refractivity (Wildman–Crippen MR) is 70.3 cm³/mol. The van der Waals surface area contributed by atoms with Crippen LogP contribution in [0.15, 0.2) is 0 Å². The van der Waals surface area contributed by atoms with Crippen molar-refractivity contribution in [2.45, 2.75) is 65.7 Å². The van der Waals surface area contributed by atoms with Crippen LogP contribution in [0, 0.1) is 5.92 Å². The van der Waals surface area contributed by atoms with E-state index < -0.39 is 0 Å². The third kappa shape index (κ3) is 11.9. The first-order valence-corrected chi connectivity index (χ1v) is 6.85. The molecule has 0 radical (unpaired) electrons. The van der Waals surface area contributed by atoms with Gasteiger partial charge in [0.2, 0.25) is 0 Å². The molecule has 0 N–H and O–H groups in total. The molecule has 0 saturated heterocycles. The second kappa shape index (κ2) is 10.5. The molecule has 92 valence electrons. The highest BCUT2D eigenvalue weighted by Gasteiger charge is 1.99. The fraction of sp³-hybridized carbons (Fsp3) is 1.00. The van der Waals surface area contributed by atoms with E-state index >= 15 is 0 Å². The average Bonchev–Trinajstić information content (AvgIpc) is 2.17. The van der Waals surface area contributed by atoms with Gasteiger partial charge in [0.25, 0.3) is 0 Å². The lowest BCUT2D eigenvalue weighted by Gasteiger charge is -2.16. The normalized spacial score (nSPS) is 11.6. The van der Waals surface area contributed by atoms with Gasteiger partial charge in [0.05, 0.1) is 0 Å². The first kappa shape index (κ1) is 15.0. The van der Waals surface area contributed by atoms with Crippen LogP contribution in [0.2, 0.25) is 0 Å². The third-order valence-electron chi connectivity index (χ3n) is 2.96. The van der Waals surface area contributed by atoms with Crippen LogP contribution >= 0.6 is 0 Å². The fourth-order valence-corrected chi connectivity index (χ4v) is 1.87. The van der Waals surface area contributed by atoms with Gasteiger partial charge in [-0.15, -0.1) is 0 Å². The molecule has 0 aromatic carbocycles. The van der Waals surface area contributed by atoms with Crippen molar-refractivity contribution >= 4 is 0 Å². The topological polar surface area (TPSA) is 3.24 Å². The second-order valence-electron chi connectivity index (χ2n) is 5.25. The second-order valence-corrected chi connectivity index (χ2v) is 5.25. The molecule has 0 unspecified atom stereocenters. The monoisotopic (exact) mass is 213 g/mol. The van der Waals surface area contributed by atoms with Crippen molar-refractivity contribution < 1.29 is 0 Å². The van der Waals surface area contributed by atoms with Crippen molar-refractivity contribution in [1.29, 1.82) is 0 Å². The lowest BCUT2D eigenvalue weighted by atomic mass is 10.1. The number of unbranched alkanes of at least 4 members (excludes halogenated alkanes) is 4. The van der Waals surface area contributed by atoms with Crippen molar-refractivity contribution in [3.05, 3.63) is 0 Å². The van der Waals surface area contributed by atoms with Crippen molar-refractivity contribution in [2.75, 3.05) is 20.1 Å². The summed E-state index contributed by atoms with van der Waals surface area (Å²) in [4.78, 5) is 2.49. The minimum absolute atomic E-state index is 0.864. The van der Waals surface area contributed by atoms with Gasteiger partial charge in [-0.05, 0) is 45.3 Å². The highest BCUT2D eigenvalue weighted by Crippen LogP contribution is 2.06. The van der Waals surface area contributed by atoms with E-state index in [0.29, 0.717) is 0 Å². The quantitative estimate of drug-likeness (QED) is 0.488. The summed E-state index contributed by atoms with van der Waals surface area (Å²) in [5.41, 5.74) is 0. The molecule has 1 nitrogen and oxygen atoms in total. The Kier molecular flexibility index (Phi) is 10.4. The Morgan fingerprint density at radius 1 is 0.867 bits per heavy atom. The van der Waals surface area contributed by atoms with Crippen molar-refractivity contribution in [2.24, 2.45) is 5.92 Å². The smallest absolute Gasteiger partial charge is 0.00217 e. The zero-order valence-electron chi connectivity index (χ0n) is 11.4. The van der Waals surface area contributed by atoms with E-state index in [-0.39, 0.29) is 0 Å². The molecule has 0 amide bonds. The fourth-order valence-electron chi connectivity index (χ4n) is 1.87. The number of nitrogens with zero attached hydrogens (tertiary/aromatic N) is 1. The highest BCUT2D eigenvalue weighted by molar-refractivity contribution is 4.54. The maximum atomic E-state index is 2.49. The summed E-state index contributed by atoms with van der Waals surface area (Å²) < 4.78 is 0. The molecule has 0 fully saturated rings. The van der Waals surface area contributed by atoms with Crippen LogP contribution in [-0.4, -0.2) is 25.0 Å². The molecule has 0 aromatic rings. The summed E-state index contributed by atoms with van der Waals surface area (Å²) in [6.07, 6.45) is 9.74. The van der Waals surface area contributed by atoms with Gasteiger partial charge in [0, 0.05) is 0 Å². The van der Waals surface area contributed by atoms with Gasteiger partial charge in [0.1, 0.15) is 0 Å². The summed E-state index contributed by atoms with van der Waals surface area (Å²) in [6.45, 7) is 9.47. The first-order chi connectivity index (χ1) is 7.16. The van der Waals surface area contributed by atoms with Crippen molar-refractivity contribution in [3.8, 4) is 0 Å². The molecular formula is C14H31N.